The highest BCUT2D eigenvalue weighted by Gasteiger charge is 2.30. The van der Waals surface area contributed by atoms with Gasteiger partial charge < -0.3 is 4.74 Å². The van der Waals surface area contributed by atoms with Crippen LogP contribution in [0.2, 0.25) is 5.02 Å². The second kappa shape index (κ2) is 6.57. The number of hydrogen-bond acceptors (Lipinski definition) is 6. The molecule has 1 heterocycles. The Morgan fingerprint density at radius 1 is 1.39 bits per heavy atom. The summed E-state index contributed by atoms with van der Waals surface area (Å²) in [6, 6.07) is 6.31. The number of halogens is 1. The number of nitro groups is 1. The number of nitrogens with zero attached hydrogens (tertiary/aromatic N) is 3. The summed E-state index contributed by atoms with van der Waals surface area (Å²) in [4.78, 5) is 34.4. The van der Waals surface area contributed by atoms with Crippen molar-refractivity contribution in [1.82, 2.24) is 9.78 Å². The van der Waals surface area contributed by atoms with Gasteiger partial charge >= 0.3 is 11.7 Å². The lowest BCUT2D eigenvalue weighted by Gasteiger charge is -2.05. The van der Waals surface area contributed by atoms with Crippen LogP contribution in [0.5, 0.6) is 0 Å². The zero-order chi connectivity index (χ0) is 17.1. The van der Waals surface area contributed by atoms with Gasteiger partial charge in [-0.2, -0.15) is 5.10 Å². The summed E-state index contributed by atoms with van der Waals surface area (Å²) < 4.78 is 5.92. The Balaban J connectivity index is 2.17. The highest BCUT2D eigenvalue weighted by molar-refractivity contribution is 6.34. The van der Waals surface area contributed by atoms with Crippen LogP contribution in [0.15, 0.2) is 24.3 Å². The molecule has 0 atom stereocenters. The number of esters is 1. The minimum Gasteiger partial charge on any atom is -0.452 e. The molecule has 0 bridgehead atoms. The third-order valence-electron chi connectivity index (χ3n) is 3.08. The fraction of sp³-hybridized carbons (Fsp3) is 0.214. The molecule has 0 spiro atoms. The third kappa shape index (κ3) is 3.37. The standard InChI is InChI=1S/C14H12ClN3O5/c1-8-12(18(21)22)13(17(2)16-8)14(20)23-7-11(19)9-5-3-4-6-10(9)15/h3-6H,7H2,1-2H3. The molecule has 0 N–H and O–H groups in total. The first-order chi connectivity index (χ1) is 10.8. The molecular formula is C14H12ClN3O5. The first-order valence-corrected chi connectivity index (χ1v) is 6.83. The maximum absolute atomic E-state index is 12.1. The van der Waals surface area contributed by atoms with Gasteiger partial charge in [0.15, 0.2) is 6.61 Å². The second-order valence-corrected chi connectivity index (χ2v) is 5.05. The quantitative estimate of drug-likeness (QED) is 0.359. The molecule has 0 aliphatic rings. The van der Waals surface area contributed by atoms with Crippen molar-refractivity contribution in [2.75, 3.05) is 6.61 Å². The fourth-order valence-corrected chi connectivity index (χ4v) is 2.30. The highest BCUT2D eigenvalue weighted by Crippen LogP contribution is 2.23. The van der Waals surface area contributed by atoms with Crippen molar-refractivity contribution in [3.63, 3.8) is 0 Å². The average Bonchev–Trinajstić information content (AvgIpc) is 2.79. The highest BCUT2D eigenvalue weighted by atomic mass is 35.5. The van der Waals surface area contributed by atoms with E-state index in [4.69, 9.17) is 16.3 Å². The summed E-state index contributed by atoms with van der Waals surface area (Å²) in [5, 5.41) is 15.1. The van der Waals surface area contributed by atoms with E-state index < -0.39 is 29.0 Å². The van der Waals surface area contributed by atoms with Gasteiger partial charge in [-0.25, -0.2) is 4.79 Å². The van der Waals surface area contributed by atoms with Gasteiger partial charge in [0.05, 0.1) is 9.95 Å². The molecule has 8 nitrogen and oxygen atoms in total. The lowest BCUT2D eigenvalue weighted by atomic mass is 10.1. The monoisotopic (exact) mass is 337 g/mol. The van der Waals surface area contributed by atoms with Crippen LogP contribution in [-0.2, 0) is 11.8 Å². The van der Waals surface area contributed by atoms with E-state index in [1.54, 1.807) is 12.1 Å². The predicted octanol–water partition coefficient (Wildman–Crippen LogP) is 2.33. The Morgan fingerprint density at radius 3 is 2.65 bits per heavy atom. The Hall–Kier alpha value is -2.74. The number of hydrogen-bond donors (Lipinski definition) is 0. The van der Waals surface area contributed by atoms with Crippen molar-refractivity contribution < 1.29 is 19.2 Å². The smallest absolute Gasteiger partial charge is 0.364 e. The normalized spacial score (nSPS) is 10.4. The molecular weight excluding hydrogens is 326 g/mol. The molecule has 23 heavy (non-hydrogen) atoms. The molecule has 0 amide bonds. The van der Waals surface area contributed by atoms with E-state index in [-0.39, 0.29) is 22.0 Å². The number of carbonyl (C=O) groups is 2. The van der Waals surface area contributed by atoms with Gasteiger partial charge in [0.1, 0.15) is 5.69 Å². The van der Waals surface area contributed by atoms with Crippen LogP contribution in [0.3, 0.4) is 0 Å². The fourth-order valence-electron chi connectivity index (χ4n) is 2.06. The molecule has 0 saturated heterocycles. The van der Waals surface area contributed by atoms with Gasteiger partial charge in [0.25, 0.3) is 0 Å². The first kappa shape index (κ1) is 16.6. The van der Waals surface area contributed by atoms with Gasteiger partial charge in [-0.1, -0.05) is 23.7 Å². The van der Waals surface area contributed by atoms with E-state index in [0.717, 1.165) is 4.68 Å². The van der Waals surface area contributed by atoms with Gasteiger partial charge in [-0.3, -0.25) is 19.6 Å². The van der Waals surface area contributed by atoms with Crippen LogP contribution in [0, 0.1) is 17.0 Å². The Labute approximate surface area is 135 Å². The number of aromatic nitrogens is 2. The number of Topliss-reactive ketones (excluding diaryl/α,β-unsaturated/α-hetero) is 1. The van der Waals surface area contributed by atoms with E-state index in [2.05, 4.69) is 5.10 Å². The zero-order valence-electron chi connectivity index (χ0n) is 12.3. The molecule has 2 rings (SSSR count). The maximum Gasteiger partial charge on any atom is 0.364 e. The van der Waals surface area contributed by atoms with E-state index in [9.17, 15) is 19.7 Å². The van der Waals surface area contributed by atoms with Crippen molar-refractivity contribution in [1.29, 1.82) is 0 Å². The summed E-state index contributed by atoms with van der Waals surface area (Å²) in [6.07, 6.45) is 0. The van der Waals surface area contributed by atoms with Crippen LogP contribution in [0.25, 0.3) is 0 Å². The molecule has 0 radical (unpaired) electrons. The predicted molar refractivity (Wildman–Crippen MR) is 80.7 cm³/mol. The van der Waals surface area contributed by atoms with E-state index in [1.165, 1.54) is 26.1 Å². The van der Waals surface area contributed by atoms with E-state index in [0.29, 0.717) is 0 Å². The minimum atomic E-state index is -1.000. The molecule has 2 aromatic rings. The van der Waals surface area contributed by atoms with Crippen molar-refractivity contribution in [3.8, 4) is 0 Å². The third-order valence-corrected chi connectivity index (χ3v) is 3.40. The van der Waals surface area contributed by atoms with Crippen LogP contribution in [0.1, 0.15) is 26.5 Å². The summed E-state index contributed by atoms with van der Waals surface area (Å²) in [5.41, 5.74) is -0.471. The summed E-state index contributed by atoms with van der Waals surface area (Å²) in [7, 11) is 1.38. The second-order valence-electron chi connectivity index (χ2n) is 4.64. The molecule has 0 aliphatic carbocycles. The Bertz CT molecular complexity index is 800. The van der Waals surface area contributed by atoms with Gasteiger partial charge in [0.2, 0.25) is 11.5 Å². The number of ketones is 1. The SMILES string of the molecule is Cc1nn(C)c(C(=O)OCC(=O)c2ccccc2Cl)c1[N+](=O)[O-]. The number of carbonyl (C=O) groups excluding carboxylic acids is 2. The van der Waals surface area contributed by atoms with Crippen LogP contribution in [-0.4, -0.2) is 33.1 Å². The van der Waals surface area contributed by atoms with Gasteiger partial charge in [0, 0.05) is 12.6 Å². The minimum absolute atomic E-state index is 0.0851. The molecule has 9 heteroatoms. The average molecular weight is 338 g/mol. The number of rotatable bonds is 5. The van der Waals surface area contributed by atoms with Crippen molar-refractivity contribution >= 4 is 29.0 Å². The zero-order valence-corrected chi connectivity index (χ0v) is 13.0. The molecule has 1 aromatic carbocycles. The summed E-state index contributed by atoms with van der Waals surface area (Å²) >= 11 is 5.88. The van der Waals surface area contributed by atoms with E-state index >= 15 is 0 Å². The summed E-state index contributed by atoms with van der Waals surface area (Å²) in [5.74, 6) is -1.51. The van der Waals surface area contributed by atoms with Crippen molar-refractivity contribution in [2.24, 2.45) is 7.05 Å². The molecule has 0 fully saturated rings. The maximum atomic E-state index is 12.1. The van der Waals surface area contributed by atoms with Crippen LogP contribution >= 0.6 is 11.6 Å². The van der Waals surface area contributed by atoms with E-state index in [1.807, 2.05) is 0 Å². The number of aryl methyl sites for hydroxylation is 2. The van der Waals surface area contributed by atoms with Gasteiger partial charge in [-0.05, 0) is 19.1 Å². The Morgan fingerprint density at radius 2 is 2.04 bits per heavy atom. The molecule has 0 aliphatic heterocycles. The number of ether oxygens (including phenoxy) is 1. The van der Waals surface area contributed by atoms with Crippen molar-refractivity contribution in [3.05, 3.63) is 56.4 Å². The Kier molecular flexibility index (Phi) is 4.75. The molecule has 0 unspecified atom stereocenters. The molecule has 1 aromatic heterocycles. The largest absolute Gasteiger partial charge is 0.452 e. The van der Waals surface area contributed by atoms with Gasteiger partial charge in [-0.15, -0.1) is 0 Å². The molecule has 120 valence electrons. The topological polar surface area (TPSA) is 104 Å². The molecule has 0 saturated carbocycles. The van der Waals surface area contributed by atoms with Crippen molar-refractivity contribution in [2.45, 2.75) is 6.92 Å². The van der Waals surface area contributed by atoms with Crippen LogP contribution in [0.4, 0.5) is 5.69 Å². The lowest BCUT2D eigenvalue weighted by Crippen LogP contribution is -2.18. The lowest BCUT2D eigenvalue weighted by molar-refractivity contribution is -0.385. The number of benzene rings is 1. The summed E-state index contributed by atoms with van der Waals surface area (Å²) in [6.45, 7) is 0.827. The van der Waals surface area contributed by atoms with Crippen LogP contribution < -0.4 is 0 Å². The first-order valence-electron chi connectivity index (χ1n) is 6.45.